The van der Waals surface area contributed by atoms with E-state index >= 15 is 0 Å². The molecule has 2 saturated heterocycles. The second-order valence-corrected chi connectivity index (χ2v) is 13.0. The molecular formula is C34H32ClN7O4S. The van der Waals surface area contributed by atoms with Crippen molar-refractivity contribution in [3.63, 3.8) is 0 Å². The highest BCUT2D eigenvalue weighted by atomic mass is 35.5. The maximum absolute atomic E-state index is 13.5. The van der Waals surface area contributed by atoms with Gasteiger partial charge in [0.15, 0.2) is 5.94 Å². The van der Waals surface area contributed by atoms with Crippen LogP contribution in [0.5, 0.6) is 0 Å². The Morgan fingerprint density at radius 3 is 2.60 bits per heavy atom. The number of benzene rings is 1. The highest BCUT2D eigenvalue weighted by Crippen LogP contribution is 2.42. The van der Waals surface area contributed by atoms with E-state index in [1.54, 1.807) is 68.1 Å². The number of carbonyl (C=O) groups excluding carboxylic acids is 2. The maximum atomic E-state index is 13.5. The summed E-state index contributed by atoms with van der Waals surface area (Å²) in [5.74, 6) is 7.11. The van der Waals surface area contributed by atoms with Gasteiger partial charge in [0.2, 0.25) is 0 Å². The lowest BCUT2D eigenvalue weighted by Crippen LogP contribution is -2.50. The number of nitrogens with two attached hydrogens (primary N) is 1. The molecule has 5 heterocycles. The summed E-state index contributed by atoms with van der Waals surface area (Å²) in [7, 11) is 1.56. The van der Waals surface area contributed by atoms with Crippen molar-refractivity contribution >= 4 is 46.7 Å². The van der Waals surface area contributed by atoms with E-state index < -0.39 is 11.7 Å². The molecule has 4 N–H and O–H groups in total. The predicted molar refractivity (Wildman–Crippen MR) is 179 cm³/mol. The zero-order valence-corrected chi connectivity index (χ0v) is 27.3. The van der Waals surface area contributed by atoms with Crippen LogP contribution in [0.2, 0.25) is 5.02 Å². The van der Waals surface area contributed by atoms with Crippen LogP contribution < -0.4 is 16.0 Å². The lowest BCUT2D eigenvalue weighted by Gasteiger charge is -2.41. The SMILES string of the molecule is C[C@@H]1OCC2(CCN(c3cnc(Sc4cccc(NC(=O)C5=C(O)C(C#Cc6ccncc6)=CN(C)C5=C=O)c4Cl)cn3)CC2)[C@@H]1N. The van der Waals surface area contributed by atoms with Crippen LogP contribution in [0, 0.1) is 17.3 Å². The number of nitrogens with zero attached hydrogens (tertiary/aromatic N) is 5. The number of aliphatic hydroxyl groups is 1. The van der Waals surface area contributed by atoms with Gasteiger partial charge in [-0.25, -0.2) is 14.8 Å². The number of likely N-dealkylation sites (N-methyl/N-ethyl adjacent to an activating group) is 1. The van der Waals surface area contributed by atoms with Gasteiger partial charge in [-0.2, -0.15) is 0 Å². The molecule has 0 saturated carbocycles. The molecule has 2 aromatic heterocycles. The Bertz CT molecular complexity index is 1860. The van der Waals surface area contributed by atoms with E-state index in [1.165, 1.54) is 22.9 Å². The number of rotatable bonds is 5. The Kier molecular flexibility index (Phi) is 9.36. The summed E-state index contributed by atoms with van der Waals surface area (Å²) in [6.45, 7) is 4.40. The van der Waals surface area contributed by atoms with Crippen molar-refractivity contribution in [3.05, 3.63) is 94.5 Å². The fourth-order valence-electron chi connectivity index (χ4n) is 5.91. The van der Waals surface area contributed by atoms with Crippen LogP contribution in [0.25, 0.3) is 0 Å². The molecule has 11 nitrogen and oxygen atoms in total. The summed E-state index contributed by atoms with van der Waals surface area (Å²) < 4.78 is 5.84. The number of nitrogens with one attached hydrogen (secondary N) is 1. The Hall–Kier alpha value is -4.63. The van der Waals surface area contributed by atoms with Gasteiger partial charge in [-0.05, 0) is 44.0 Å². The first-order valence-electron chi connectivity index (χ1n) is 15.0. The third kappa shape index (κ3) is 6.63. The van der Waals surface area contributed by atoms with E-state index in [9.17, 15) is 14.7 Å². The van der Waals surface area contributed by atoms with Crippen molar-refractivity contribution < 1.29 is 19.4 Å². The lowest BCUT2D eigenvalue weighted by molar-refractivity contribution is -0.112. The third-order valence-electron chi connectivity index (χ3n) is 8.72. The number of anilines is 2. The monoisotopic (exact) mass is 669 g/mol. The van der Waals surface area contributed by atoms with Gasteiger partial charge in [-0.1, -0.05) is 41.3 Å². The number of ether oxygens (including phenoxy) is 1. The molecule has 0 aliphatic carbocycles. The summed E-state index contributed by atoms with van der Waals surface area (Å²) in [6.07, 6.45) is 10.1. The number of carbonyl (C=O) groups is 1. The Morgan fingerprint density at radius 1 is 1.17 bits per heavy atom. The Morgan fingerprint density at radius 2 is 1.94 bits per heavy atom. The summed E-state index contributed by atoms with van der Waals surface area (Å²) in [5, 5.41) is 14.6. The van der Waals surface area contributed by atoms with Gasteiger partial charge in [0.1, 0.15) is 27.9 Å². The quantitative estimate of drug-likeness (QED) is 0.263. The van der Waals surface area contributed by atoms with Crippen molar-refractivity contribution in [2.45, 2.75) is 41.8 Å². The third-order valence-corrected chi connectivity index (χ3v) is 10.2. The first-order valence-corrected chi connectivity index (χ1v) is 16.2. The number of hydrogen-bond donors (Lipinski definition) is 3. The number of amides is 1. The molecular weight excluding hydrogens is 638 g/mol. The fourth-order valence-corrected chi connectivity index (χ4v) is 6.98. The van der Waals surface area contributed by atoms with E-state index in [2.05, 4.69) is 37.0 Å². The van der Waals surface area contributed by atoms with Crippen LogP contribution >= 0.6 is 23.4 Å². The van der Waals surface area contributed by atoms with Gasteiger partial charge in [0.05, 0.1) is 41.4 Å². The fraction of sp³-hybridized carbons (Fsp3) is 0.294. The predicted octanol–water partition coefficient (Wildman–Crippen LogP) is 4.36. The molecule has 0 radical (unpaired) electrons. The van der Waals surface area contributed by atoms with E-state index in [4.69, 9.17) is 22.1 Å². The molecule has 6 rings (SSSR count). The van der Waals surface area contributed by atoms with Crippen LogP contribution in [0.1, 0.15) is 25.3 Å². The summed E-state index contributed by atoms with van der Waals surface area (Å²) in [6, 6.07) is 8.62. The van der Waals surface area contributed by atoms with Gasteiger partial charge in [-0.3, -0.25) is 9.78 Å². The van der Waals surface area contributed by atoms with Gasteiger partial charge in [0, 0.05) is 60.6 Å². The van der Waals surface area contributed by atoms with Crippen molar-refractivity contribution in [2.24, 2.45) is 11.1 Å². The number of halogens is 1. The molecule has 0 unspecified atom stereocenters. The van der Waals surface area contributed by atoms with E-state index in [0.717, 1.165) is 31.7 Å². The van der Waals surface area contributed by atoms with Crippen LogP contribution in [0.3, 0.4) is 0 Å². The minimum atomic E-state index is -0.750. The molecule has 13 heteroatoms. The molecule has 47 heavy (non-hydrogen) atoms. The van der Waals surface area contributed by atoms with Gasteiger partial charge < -0.3 is 30.7 Å². The largest absolute Gasteiger partial charge is 0.506 e. The summed E-state index contributed by atoms with van der Waals surface area (Å²) >= 11 is 8.03. The second kappa shape index (κ2) is 13.6. The molecule has 3 aromatic rings. The van der Waals surface area contributed by atoms with Crippen molar-refractivity contribution in [1.29, 1.82) is 0 Å². The number of piperidine rings is 1. The summed E-state index contributed by atoms with van der Waals surface area (Å²) in [5.41, 5.74) is 7.16. The molecule has 1 amide bonds. The van der Waals surface area contributed by atoms with Gasteiger partial charge in [0.25, 0.3) is 5.91 Å². The Labute approximate surface area is 281 Å². The van der Waals surface area contributed by atoms with Crippen molar-refractivity contribution in [1.82, 2.24) is 19.9 Å². The smallest absolute Gasteiger partial charge is 0.262 e. The zero-order valence-electron chi connectivity index (χ0n) is 25.7. The van der Waals surface area contributed by atoms with Crippen LogP contribution in [0.15, 0.2) is 93.8 Å². The molecule has 3 aliphatic heterocycles. The molecule has 0 bridgehead atoms. The lowest BCUT2D eigenvalue weighted by atomic mass is 9.73. The number of aromatic nitrogens is 3. The molecule has 1 spiro atoms. The highest BCUT2D eigenvalue weighted by molar-refractivity contribution is 7.99. The first-order chi connectivity index (χ1) is 22.7. The Balaban J connectivity index is 1.15. The number of hydrogen-bond acceptors (Lipinski definition) is 11. The van der Waals surface area contributed by atoms with E-state index in [1.807, 2.05) is 6.92 Å². The van der Waals surface area contributed by atoms with Gasteiger partial charge >= 0.3 is 0 Å². The number of aliphatic hydroxyl groups excluding tert-OH is 1. The second-order valence-electron chi connectivity index (χ2n) is 11.6. The average molecular weight is 670 g/mol. The van der Waals surface area contributed by atoms with E-state index in [0.29, 0.717) is 22.1 Å². The van der Waals surface area contributed by atoms with Crippen molar-refractivity contribution in [2.75, 3.05) is 37.0 Å². The standard InChI is InChI=1S/C34H32ClN7O4S/c1-21-32(36)34(20-46-21)10-14-42(15-11-34)27-16-39-28(17-38-27)47-26-5-3-4-24(30(26)35)40-33(45)29-25(19-43)41(2)18-23(31(29)44)7-6-22-8-12-37-13-9-22/h3-5,8-9,12-13,16-18,21,32,44H,10-11,14-15,20,36H2,1-2H3,(H,40,45)/t21-,32+/m0/s1. The number of allylic oxidation sites excluding steroid dienone is 1. The first kappa shape index (κ1) is 32.3. The highest BCUT2D eigenvalue weighted by Gasteiger charge is 2.47. The molecule has 1 aromatic carbocycles. The minimum absolute atomic E-state index is 0.0250. The van der Waals surface area contributed by atoms with Gasteiger partial charge in [-0.15, -0.1) is 0 Å². The maximum Gasteiger partial charge on any atom is 0.262 e. The van der Waals surface area contributed by atoms with Crippen LogP contribution in [-0.4, -0.2) is 75.7 Å². The van der Waals surface area contributed by atoms with Crippen molar-refractivity contribution in [3.8, 4) is 11.8 Å². The normalized spacial score (nSPS) is 20.4. The number of pyridine rings is 1. The topological polar surface area (TPSA) is 147 Å². The molecule has 3 aliphatic rings. The molecule has 2 fully saturated rings. The zero-order chi connectivity index (χ0) is 33.1. The van der Waals surface area contributed by atoms with E-state index in [-0.39, 0.29) is 45.1 Å². The average Bonchev–Trinajstić information content (AvgIpc) is 3.35. The minimum Gasteiger partial charge on any atom is -0.506 e. The molecule has 2 atom stereocenters. The van der Waals surface area contributed by atoms with Crippen LogP contribution in [0.4, 0.5) is 11.5 Å². The molecule has 240 valence electrons. The van der Waals surface area contributed by atoms with Crippen LogP contribution in [-0.2, 0) is 14.3 Å². The summed E-state index contributed by atoms with van der Waals surface area (Å²) in [4.78, 5) is 42.8.